The predicted octanol–water partition coefficient (Wildman–Crippen LogP) is 6.00. The summed E-state index contributed by atoms with van der Waals surface area (Å²) in [5.41, 5.74) is 4.80. The number of benzene rings is 3. The Morgan fingerprint density at radius 1 is 0.698 bits per heavy atom. The number of nitrogens with zero attached hydrogens (tertiary/aromatic N) is 5. The highest BCUT2D eigenvalue weighted by atomic mass is 16.5. The fraction of sp³-hybridized carbons (Fsp3) is 0.488. The summed E-state index contributed by atoms with van der Waals surface area (Å²) in [5.74, 6) is 0.0453. The molecule has 3 amide bonds. The van der Waals surface area contributed by atoms with Crippen LogP contribution in [0.4, 0.5) is 5.69 Å². The molecule has 0 atom stereocenters. The zero-order chi connectivity index (χ0) is 38.2. The monoisotopic (exact) mass is 725 g/mol. The zero-order valence-electron chi connectivity index (χ0n) is 32.5. The quantitative estimate of drug-likeness (QED) is 0.111. The molecular weight excluding hydrogens is 667 g/mol. The van der Waals surface area contributed by atoms with E-state index in [1.54, 1.807) is 23.9 Å². The van der Waals surface area contributed by atoms with Crippen LogP contribution >= 0.6 is 0 Å². The Morgan fingerprint density at radius 3 is 2.04 bits per heavy atom. The highest BCUT2D eigenvalue weighted by Gasteiger charge is 2.23. The lowest BCUT2D eigenvalue weighted by molar-refractivity contribution is -0.150. The molecule has 1 aliphatic rings. The van der Waals surface area contributed by atoms with Gasteiger partial charge >= 0.3 is 5.97 Å². The normalized spacial score (nSPS) is 13.3. The molecule has 0 saturated carbocycles. The Kier molecular flexibility index (Phi) is 16.4. The van der Waals surface area contributed by atoms with E-state index in [9.17, 15) is 19.2 Å². The first kappa shape index (κ1) is 41.1. The first-order valence-corrected chi connectivity index (χ1v) is 19.2. The lowest BCUT2D eigenvalue weighted by Gasteiger charge is -2.32. The van der Waals surface area contributed by atoms with E-state index in [0.29, 0.717) is 38.0 Å². The van der Waals surface area contributed by atoms with Crippen LogP contribution in [0.3, 0.4) is 0 Å². The van der Waals surface area contributed by atoms with Crippen molar-refractivity contribution in [2.24, 2.45) is 0 Å². The van der Waals surface area contributed by atoms with E-state index in [-0.39, 0.29) is 36.2 Å². The van der Waals surface area contributed by atoms with Crippen LogP contribution in [0.1, 0.15) is 67.8 Å². The standard InChI is InChI=1S/C43H59N5O5/c1-6-40(49)45(3)27-14-28-47(5)43(52)35-20-22-37(23-21-35)44(2)26-13-12-19-41(50)46(4)31-32-48-29-24-38(25-30-48)53-42(51)33-36-17-10-11-18-39(36)34-15-8-7-9-16-34/h7-11,15-18,20-23,38H,6,12-14,19,24-33H2,1-5H3. The van der Waals surface area contributed by atoms with E-state index < -0.39 is 0 Å². The molecule has 0 N–H and O–H groups in total. The van der Waals surface area contributed by atoms with Gasteiger partial charge in [0.15, 0.2) is 0 Å². The van der Waals surface area contributed by atoms with Gasteiger partial charge in [-0.15, -0.1) is 0 Å². The van der Waals surface area contributed by atoms with E-state index in [1.165, 1.54) is 0 Å². The number of likely N-dealkylation sites (N-methyl/N-ethyl adjacent to an activating group) is 1. The molecule has 0 bridgehead atoms. The second kappa shape index (κ2) is 21.1. The number of carbonyl (C=O) groups excluding carboxylic acids is 4. The highest BCUT2D eigenvalue weighted by molar-refractivity contribution is 5.94. The van der Waals surface area contributed by atoms with Crippen molar-refractivity contribution in [2.75, 3.05) is 78.9 Å². The molecule has 1 heterocycles. The molecule has 4 rings (SSSR count). The predicted molar refractivity (Wildman–Crippen MR) is 212 cm³/mol. The molecule has 53 heavy (non-hydrogen) atoms. The number of hydrogen-bond acceptors (Lipinski definition) is 7. The second-order valence-electron chi connectivity index (χ2n) is 14.2. The molecule has 1 aliphatic heterocycles. The summed E-state index contributed by atoms with van der Waals surface area (Å²) in [4.78, 5) is 60.1. The van der Waals surface area contributed by atoms with E-state index in [0.717, 1.165) is 80.7 Å². The molecule has 0 aliphatic carbocycles. The van der Waals surface area contributed by atoms with Gasteiger partial charge in [0, 0.05) is 98.1 Å². The van der Waals surface area contributed by atoms with Crippen molar-refractivity contribution in [3.05, 3.63) is 90.0 Å². The molecule has 10 nitrogen and oxygen atoms in total. The highest BCUT2D eigenvalue weighted by Crippen LogP contribution is 2.25. The van der Waals surface area contributed by atoms with Crippen molar-refractivity contribution in [1.29, 1.82) is 0 Å². The molecule has 3 aromatic rings. The summed E-state index contributed by atoms with van der Waals surface area (Å²) in [6, 6.07) is 25.8. The van der Waals surface area contributed by atoms with Gasteiger partial charge in [-0.05, 0) is 73.1 Å². The van der Waals surface area contributed by atoms with Gasteiger partial charge in [-0.1, -0.05) is 61.5 Å². The molecule has 0 aromatic heterocycles. The van der Waals surface area contributed by atoms with Crippen LogP contribution in [-0.4, -0.2) is 123 Å². The number of likely N-dealkylation sites (tertiary alicyclic amines) is 1. The van der Waals surface area contributed by atoms with Crippen LogP contribution in [0, 0.1) is 0 Å². The minimum absolute atomic E-state index is 0.0335. The minimum Gasteiger partial charge on any atom is -0.462 e. The summed E-state index contributed by atoms with van der Waals surface area (Å²) >= 11 is 0. The topological polar surface area (TPSA) is 93.7 Å². The van der Waals surface area contributed by atoms with Gasteiger partial charge in [-0.3, -0.25) is 19.2 Å². The average molecular weight is 726 g/mol. The number of anilines is 1. The van der Waals surface area contributed by atoms with Gasteiger partial charge in [0.05, 0.1) is 6.42 Å². The van der Waals surface area contributed by atoms with Gasteiger partial charge in [0.25, 0.3) is 5.91 Å². The maximum atomic E-state index is 12.9. The van der Waals surface area contributed by atoms with E-state index in [2.05, 4.69) is 21.9 Å². The third-order valence-corrected chi connectivity index (χ3v) is 10.2. The van der Waals surface area contributed by atoms with Crippen molar-refractivity contribution in [3.8, 4) is 11.1 Å². The first-order valence-electron chi connectivity index (χ1n) is 19.2. The van der Waals surface area contributed by atoms with E-state index >= 15 is 0 Å². The number of carbonyl (C=O) groups is 4. The van der Waals surface area contributed by atoms with Crippen LogP contribution < -0.4 is 4.90 Å². The number of rotatable bonds is 19. The number of ether oxygens (including phenoxy) is 1. The lowest BCUT2D eigenvalue weighted by Crippen LogP contribution is -2.42. The van der Waals surface area contributed by atoms with Crippen LogP contribution in [0.2, 0.25) is 0 Å². The molecule has 1 fully saturated rings. The molecule has 286 valence electrons. The maximum absolute atomic E-state index is 12.9. The summed E-state index contributed by atoms with van der Waals surface area (Å²) in [6.45, 7) is 7.05. The van der Waals surface area contributed by atoms with E-state index in [4.69, 9.17) is 4.74 Å². The summed E-state index contributed by atoms with van der Waals surface area (Å²) < 4.78 is 5.89. The van der Waals surface area contributed by atoms with Gasteiger partial charge in [-0.2, -0.15) is 0 Å². The second-order valence-corrected chi connectivity index (χ2v) is 14.2. The smallest absolute Gasteiger partial charge is 0.310 e. The molecule has 0 radical (unpaired) electrons. The molecule has 0 unspecified atom stereocenters. The number of piperidine rings is 1. The number of amides is 3. The maximum Gasteiger partial charge on any atom is 0.310 e. The van der Waals surface area contributed by atoms with Crippen molar-refractivity contribution in [2.45, 2.75) is 64.4 Å². The third-order valence-electron chi connectivity index (χ3n) is 10.2. The molecule has 10 heteroatoms. The Labute approximate surface area is 316 Å². The SMILES string of the molecule is CCC(=O)N(C)CCCN(C)C(=O)c1ccc(N(C)CCCCC(=O)N(C)CCN2CCC(OC(=O)Cc3ccccc3-c3ccccc3)CC2)cc1. The fourth-order valence-corrected chi connectivity index (χ4v) is 6.69. The Balaban J connectivity index is 1.07. The van der Waals surface area contributed by atoms with Crippen molar-refractivity contribution in [1.82, 2.24) is 19.6 Å². The Bertz CT molecular complexity index is 1610. The van der Waals surface area contributed by atoms with Crippen LogP contribution in [0.25, 0.3) is 11.1 Å². The largest absolute Gasteiger partial charge is 0.462 e. The summed E-state index contributed by atoms with van der Waals surface area (Å²) in [6.07, 6.45) is 5.21. The van der Waals surface area contributed by atoms with Crippen LogP contribution in [0.5, 0.6) is 0 Å². The average Bonchev–Trinajstić information content (AvgIpc) is 3.18. The van der Waals surface area contributed by atoms with Crippen molar-refractivity contribution < 1.29 is 23.9 Å². The molecular formula is C43H59N5O5. The van der Waals surface area contributed by atoms with Crippen molar-refractivity contribution in [3.63, 3.8) is 0 Å². The fourth-order valence-electron chi connectivity index (χ4n) is 6.69. The summed E-state index contributed by atoms with van der Waals surface area (Å²) in [7, 11) is 7.49. The lowest BCUT2D eigenvalue weighted by atomic mass is 9.98. The van der Waals surface area contributed by atoms with Gasteiger partial charge in [0.1, 0.15) is 6.10 Å². The van der Waals surface area contributed by atoms with E-state index in [1.807, 2.05) is 92.6 Å². The van der Waals surface area contributed by atoms with Gasteiger partial charge in [-0.25, -0.2) is 0 Å². The van der Waals surface area contributed by atoms with Crippen molar-refractivity contribution >= 4 is 29.4 Å². The number of hydrogen-bond donors (Lipinski definition) is 0. The third kappa shape index (κ3) is 13.0. The van der Waals surface area contributed by atoms with Crippen LogP contribution in [0.15, 0.2) is 78.9 Å². The zero-order valence-corrected chi connectivity index (χ0v) is 32.5. The van der Waals surface area contributed by atoms with Gasteiger partial charge < -0.3 is 29.2 Å². The first-order chi connectivity index (χ1) is 25.5. The molecule has 3 aromatic carbocycles. The van der Waals surface area contributed by atoms with Gasteiger partial charge in [0.2, 0.25) is 11.8 Å². The number of unbranched alkanes of at least 4 members (excludes halogenated alkanes) is 1. The Morgan fingerprint density at radius 2 is 1.34 bits per heavy atom. The Hall–Kier alpha value is -4.70. The van der Waals surface area contributed by atoms with Crippen LogP contribution in [-0.2, 0) is 25.5 Å². The molecule has 1 saturated heterocycles. The molecule has 0 spiro atoms. The minimum atomic E-state index is -0.185. The number of esters is 1. The summed E-state index contributed by atoms with van der Waals surface area (Å²) in [5, 5.41) is 0.